The second kappa shape index (κ2) is 9.87. The fraction of sp³-hybridized carbons (Fsp3) is 0.160. The maximum Gasteiger partial charge on any atom is 0.322 e. The van der Waals surface area contributed by atoms with E-state index in [9.17, 15) is 4.79 Å². The highest BCUT2D eigenvalue weighted by Gasteiger charge is 2.52. The SMILES string of the molecule is CC(C)(C)NC(=O)NC(=C(Cl)Cl)[P+](c1ccccc1)(c1ccccc1)c1ccccc1. The number of carbonyl (C=O) groups is 1. The van der Waals surface area contributed by atoms with Crippen LogP contribution in [-0.4, -0.2) is 11.6 Å². The first-order chi connectivity index (χ1) is 14.7. The minimum Gasteiger partial charge on any atom is -0.333 e. The number of amides is 2. The van der Waals surface area contributed by atoms with E-state index < -0.39 is 12.8 Å². The van der Waals surface area contributed by atoms with Crippen LogP contribution in [0.3, 0.4) is 0 Å². The lowest BCUT2D eigenvalue weighted by molar-refractivity contribution is 0.235. The normalized spacial score (nSPS) is 11.5. The fourth-order valence-corrected chi connectivity index (χ4v) is 8.43. The molecular weight excluding hydrogens is 446 g/mol. The molecule has 3 aromatic rings. The van der Waals surface area contributed by atoms with Gasteiger partial charge in [0, 0.05) is 5.54 Å². The van der Waals surface area contributed by atoms with Crippen LogP contribution >= 0.6 is 30.5 Å². The molecule has 3 rings (SSSR count). The summed E-state index contributed by atoms with van der Waals surface area (Å²) >= 11 is 13.0. The molecule has 160 valence electrons. The summed E-state index contributed by atoms with van der Waals surface area (Å²) in [6.45, 7) is 5.77. The van der Waals surface area contributed by atoms with Gasteiger partial charge in [-0.05, 0) is 57.2 Å². The number of carbonyl (C=O) groups excluding carboxylic acids is 1. The molecule has 3 nitrogen and oxygen atoms in total. The van der Waals surface area contributed by atoms with Crippen LogP contribution in [0.25, 0.3) is 0 Å². The summed E-state index contributed by atoms with van der Waals surface area (Å²) in [6, 6.07) is 29.9. The molecule has 0 atom stereocenters. The van der Waals surface area contributed by atoms with E-state index in [2.05, 4.69) is 47.0 Å². The number of hydrogen-bond donors (Lipinski definition) is 2. The van der Waals surface area contributed by atoms with Crippen molar-refractivity contribution >= 4 is 52.4 Å². The second-order valence-corrected chi connectivity index (χ2v) is 12.4. The average molecular weight is 472 g/mol. The van der Waals surface area contributed by atoms with Crippen LogP contribution < -0.4 is 26.5 Å². The molecule has 0 aliphatic carbocycles. The number of urea groups is 1. The Balaban J connectivity index is 2.33. The average Bonchev–Trinajstić information content (AvgIpc) is 2.74. The number of hydrogen-bond acceptors (Lipinski definition) is 1. The quantitative estimate of drug-likeness (QED) is 0.461. The van der Waals surface area contributed by atoms with Gasteiger partial charge in [-0.15, -0.1) is 0 Å². The van der Waals surface area contributed by atoms with Gasteiger partial charge in [0.15, 0.2) is 11.8 Å². The lowest BCUT2D eigenvalue weighted by Gasteiger charge is -2.30. The van der Waals surface area contributed by atoms with E-state index in [-0.39, 0.29) is 10.5 Å². The molecule has 0 bridgehead atoms. The first kappa shape index (κ1) is 23.3. The zero-order chi connectivity index (χ0) is 22.5. The summed E-state index contributed by atoms with van der Waals surface area (Å²) in [6.07, 6.45) is 0. The van der Waals surface area contributed by atoms with Crippen molar-refractivity contribution in [3.05, 3.63) is 101 Å². The van der Waals surface area contributed by atoms with Crippen molar-refractivity contribution in [1.29, 1.82) is 0 Å². The molecular formula is C25H26Cl2N2OP+. The summed E-state index contributed by atoms with van der Waals surface area (Å²) in [5.74, 6) is 0. The molecule has 2 amide bonds. The number of rotatable bonds is 5. The Morgan fingerprint density at radius 3 is 1.35 bits per heavy atom. The molecule has 0 saturated carbocycles. The Kier molecular flexibility index (Phi) is 7.43. The highest BCUT2D eigenvalue weighted by Crippen LogP contribution is 2.62. The third kappa shape index (κ3) is 5.30. The summed E-state index contributed by atoms with van der Waals surface area (Å²) in [5.41, 5.74) is 0.0857. The van der Waals surface area contributed by atoms with Gasteiger partial charge in [0.2, 0.25) is 5.44 Å². The minimum absolute atomic E-state index is 0.0361. The maximum atomic E-state index is 13.0. The van der Waals surface area contributed by atoms with Crippen molar-refractivity contribution in [3.8, 4) is 0 Å². The predicted molar refractivity (Wildman–Crippen MR) is 135 cm³/mol. The van der Waals surface area contributed by atoms with Crippen molar-refractivity contribution < 1.29 is 4.79 Å². The molecule has 31 heavy (non-hydrogen) atoms. The lowest BCUT2D eigenvalue weighted by Crippen LogP contribution is -2.48. The number of benzene rings is 3. The van der Waals surface area contributed by atoms with Gasteiger partial charge >= 0.3 is 6.03 Å². The monoisotopic (exact) mass is 471 g/mol. The predicted octanol–water partition coefficient (Wildman–Crippen LogP) is 5.68. The van der Waals surface area contributed by atoms with Crippen LogP contribution in [0.2, 0.25) is 0 Å². The van der Waals surface area contributed by atoms with Crippen LogP contribution in [0.4, 0.5) is 4.79 Å². The van der Waals surface area contributed by atoms with Gasteiger partial charge in [-0.3, -0.25) is 5.32 Å². The second-order valence-electron chi connectivity index (χ2n) is 8.12. The van der Waals surface area contributed by atoms with Crippen LogP contribution in [0.1, 0.15) is 20.8 Å². The standard InChI is InChI=1S/C25H25Cl2N2OP/c1-25(2,3)29-24(30)28-23(22(26)27)31(19-13-7-4-8-14-19,20-15-9-5-10-16-20)21-17-11-6-12-18-21/h4-18H,1-3H3,(H-,28,29,30)/p+1. The molecule has 0 radical (unpaired) electrons. The molecule has 0 aromatic heterocycles. The van der Waals surface area contributed by atoms with E-state index in [0.29, 0.717) is 5.44 Å². The number of halogens is 2. The summed E-state index contributed by atoms with van der Waals surface area (Å²) in [5, 5.41) is 9.09. The molecule has 0 heterocycles. The van der Waals surface area contributed by atoms with Crippen molar-refractivity contribution in [2.24, 2.45) is 0 Å². The molecule has 0 aliphatic rings. The van der Waals surface area contributed by atoms with Crippen molar-refractivity contribution in [2.45, 2.75) is 26.3 Å². The lowest BCUT2D eigenvalue weighted by atomic mass is 10.1. The Labute approximate surface area is 194 Å². The van der Waals surface area contributed by atoms with E-state index >= 15 is 0 Å². The zero-order valence-corrected chi connectivity index (χ0v) is 20.2. The van der Waals surface area contributed by atoms with Crippen LogP contribution in [0, 0.1) is 0 Å². The molecule has 0 spiro atoms. The van der Waals surface area contributed by atoms with Gasteiger partial charge in [0.05, 0.1) is 0 Å². The molecule has 0 unspecified atom stereocenters. The Morgan fingerprint density at radius 1 is 0.710 bits per heavy atom. The molecule has 3 aromatic carbocycles. The topological polar surface area (TPSA) is 41.1 Å². The highest BCUT2D eigenvalue weighted by atomic mass is 35.5. The Hall–Kier alpha value is -2.32. The van der Waals surface area contributed by atoms with E-state index in [1.807, 2.05) is 75.4 Å². The van der Waals surface area contributed by atoms with E-state index in [4.69, 9.17) is 23.2 Å². The van der Waals surface area contributed by atoms with Crippen molar-refractivity contribution in [1.82, 2.24) is 10.6 Å². The minimum atomic E-state index is -2.60. The van der Waals surface area contributed by atoms with Gasteiger partial charge in [-0.1, -0.05) is 77.8 Å². The molecule has 0 saturated heterocycles. The first-order valence-electron chi connectivity index (χ1n) is 9.96. The van der Waals surface area contributed by atoms with Crippen LogP contribution in [-0.2, 0) is 0 Å². The molecule has 2 N–H and O–H groups in total. The Morgan fingerprint density at radius 2 is 1.06 bits per heavy atom. The Bertz CT molecular complexity index is 948. The van der Waals surface area contributed by atoms with E-state index in [0.717, 1.165) is 15.9 Å². The molecule has 0 fully saturated rings. The van der Waals surface area contributed by atoms with Gasteiger partial charge in [0.25, 0.3) is 0 Å². The van der Waals surface area contributed by atoms with E-state index in [1.54, 1.807) is 0 Å². The third-order valence-corrected chi connectivity index (χ3v) is 9.53. The van der Waals surface area contributed by atoms with Crippen molar-refractivity contribution in [2.75, 3.05) is 0 Å². The van der Waals surface area contributed by atoms with Crippen molar-refractivity contribution in [3.63, 3.8) is 0 Å². The maximum absolute atomic E-state index is 13.0. The summed E-state index contributed by atoms with van der Waals surface area (Å²) in [7, 11) is -2.60. The number of nitrogens with one attached hydrogen (secondary N) is 2. The molecule has 6 heteroatoms. The van der Waals surface area contributed by atoms with E-state index in [1.165, 1.54) is 0 Å². The fourth-order valence-electron chi connectivity index (χ4n) is 3.53. The van der Waals surface area contributed by atoms with Crippen LogP contribution in [0.5, 0.6) is 0 Å². The van der Waals surface area contributed by atoms with Gasteiger partial charge in [-0.25, -0.2) is 4.79 Å². The molecule has 0 aliphatic heterocycles. The summed E-state index contributed by atoms with van der Waals surface area (Å²) < 4.78 is 0.0361. The summed E-state index contributed by atoms with van der Waals surface area (Å²) in [4.78, 5) is 13.0. The van der Waals surface area contributed by atoms with Gasteiger partial charge in [0.1, 0.15) is 15.9 Å². The highest BCUT2D eigenvalue weighted by molar-refractivity contribution is 7.99. The largest absolute Gasteiger partial charge is 0.333 e. The zero-order valence-electron chi connectivity index (χ0n) is 17.8. The third-order valence-electron chi connectivity index (χ3n) is 4.67. The first-order valence-corrected chi connectivity index (χ1v) is 12.5. The smallest absolute Gasteiger partial charge is 0.322 e. The van der Waals surface area contributed by atoms with Gasteiger partial charge in [-0.2, -0.15) is 0 Å². The van der Waals surface area contributed by atoms with Crippen LogP contribution in [0.15, 0.2) is 101 Å². The van der Waals surface area contributed by atoms with Gasteiger partial charge < -0.3 is 5.32 Å².